The van der Waals surface area contributed by atoms with Crippen LogP contribution in [0.4, 0.5) is 0 Å². The SMILES string of the molecule is COC(C)(C)CNS(=O)(=O)CCCCN. The summed E-state index contributed by atoms with van der Waals surface area (Å²) < 4.78 is 30.5. The van der Waals surface area contributed by atoms with Crippen molar-refractivity contribution in [3.05, 3.63) is 0 Å². The zero-order valence-electron chi connectivity index (χ0n) is 9.75. The van der Waals surface area contributed by atoms with E-state index in [9.17, 15) is 8.42 Å². The van der Waals surface area contributed by atoms with Crippen LogP contribution in [0.15, 0.2) is 0 Å². The standard InChI is InChI=1S/C9H22N2O3S/c1-9(2,14-3)8-11-15(12,13)7-5-4-6-10/h11H,4-8,10H2,1-3H3. The lowest BCUT2D eigenvalue weighted by atomic mass is 10.1. The van der Waals surface area contributed by atoms with Crippen molar-refractivity contribution in [2.24, 2.45) is 5.73 Å². The predicted octanol–water partition coefficient (Wildman–Crippen LogP) is 0.0697. The van der Waals surface area contributed by atoms with Crippen LogP contribution in [0.25, 0.3) is 0 Å². The van der Waals surface area contributed by atoms with E-state index in [0.29, 0.717) is 13.0 Å². The molecule has 0 radical (unpaired) electrons. The number of sulfonamides is 1. The first-order valence-electron chi connectivity index (χ1n) is 5.05. The Balaban J connectivity index is 3.94. The number of methoxy groups -OCH3 is 1. The molecular weight excluding hydrogens is 216 g/mol. The maximum absolute atomic E-state index is 11.5. The minimum absolute atomic E-state index is 0.129. The van der Waals surface area contributed by atoms with Crippen LogP contribution in [0.1, 0.15) is 26.7 Å². The average Bonchev–Trinajstić information content (AvgIpc) is 2.16. The van der Waals surface area contributed by atoms with E-state index >= 15 is 0 Å². The molecule has 0 atom stereocenters. The molecule has 0 aliphatic heterocycles. The fourth-order valence-electron chi connectivity index (χ4n) is 0.865. The van der Waals surface area contributed by atoms with Gasteiger partial charge in [0.25, 0.3) is 0 Å². The second kappa shape index (κ2) is 6.42. The Bertz CT molecular complexity index is 263. The maximum atomic E-state index is 11.5. The van der Waals surface area contributed by atoms with Gasteiger partial charge in [-0.1, -0.05) is 0 Å². The summed E-state index contributed by atoms with van der Waals surface area (Å²) in [5.41, 5.74) is 4.82. The molecule has 0 spiro atoms. The Morgan fingerprint density at radius 3 is 2.40 bits per heavy atom. The molecule has 0 heterocycles. The van der Waals surface area contributed by atoms with Crippen LogP contribution in [-0.4, -0.2) is 40.0 Å². The lowest BCUT2D eigenvalue weighted by Crippen LogP contribution is -2.40. The summed E-state index contributed by atoms with van der Waals surface area (Å²) in [5, 5.41) is 0. The smallest absolute Gasteiger partial charge is 0.211 e. The molecule has 92 valence electrons. The molecule has 5 nitrogen and oxygen atoms in total. The van der Waals surface area contributed by atoms with E-state index in [1.54, 1.807) is 7.11 Å². The first kappa shape index (κ1) is 14.8. The summed E-state index contributed by atoms with van der Waals surface area (Å²) in [6.07, 6.45) is 1.33. The van der Waals surface area contributed by atoms with Crippen molar-refractivity contribution < 1.29 is 13.2 Å². The predicted molar refractivity (Wildman–Crippen MR) is 61.2 cm³/mol. The summed E-state index contributed by atoms with van der Waals surface area (Å²) in [6.45, 7) is 4.47. The van der Waals surface area contributed by atoms with Gasteiger partial charge >= 0.3 is 0 Å². The number of ether oxygens (including phenoxy) is 1. The van der Waals surface area contributed by atoms with Crippen molar-refractivity contribution in [3.8, 4) is 0 Å². The molecule has 0 aromatic rings. The molecule has 0 unspecified atom stereocenters. The van der Waals surface area contributed by atoms with Gasteiger partial charge in [0.1, 0.15) is 0 Å². The lowest BCUT2D eigenvalue weighted by Gasteiger charge is -2.22. The number of hydrogen-bond donors (Lipinski definition) is 2. The van der Waals surface area contributed by atoms with Crippen LogP contribution in [0, 0.1) is 0 Å². The zero-order chi connectivity index (χ0) is 11.9. The monoisotopic (exact) mass is 238 g/mol. The largest absolute Gasteiger partial charge is 0.377 e. The first-order chi connectivity index (χ1) is 6.83. The highest BCUT2D eigenvalue weighted by Gasteiger charge is 2.19. The van der Waals surface area contributed by atoms with Crippen LogP contribution >= 0.6 is 0 Å². The molecule has 3 N–H and O–H groups in total. The van der Waals surface area contributed by atoms with Gasteiger partial charge in [0.05, 0.1) is 11.4 Å². The Kier molecular flexibility index (Phi) is 6.35. The molecular formula is C9H22N2O3S. The van der Waals surface area contributed by atoms with Crippen LogP contribution < -0.4 is 10.5 Å². The van der Waals surface area contributed by atoms with E-state index in [0.717, 1.165) is 6.42 Å². The van der Waals surface area contributed by atoms with E-state index in [2.05, 4.69) is 4.72 Å². The van der Waals surface area contributed by atoms with Crippen LogP contribution in [0.2, 0.25) is 0 Å². The van der Waals surface area contributed by atoms with Crippen LogP contribution in [-0.2, 0) is 14.8 Å². The molecule has 0 saturated carbocycles. The van der Waals surface area contributed by atoms with Gasteiger partial charge in [-0.15, -0.1) is 0 Å². The molecule has 0 amide bonds. The van der Waals surface area contributed by atoms with Gasteiger partial charge in [-0.25, -0.2) is 13.1 Å². The molecule has 6 heteroatoms. The molecule has 0 bridgehead atoms. The molecule has 0 aliphatic rings. The minimum atomic E-state index is -3.18. The lowest BCUT2D eigenvalue weighted by molar-refractivity contribution is 0.0276. The second-order valence-electron chi connectivity index (χ2n) is 4.10. The van der Waals surface area contributed by atoms with Gasteiger partial charge < -0.3 is 10.5 Å². The molecule has 15 heavy (non-hydrogen) atoms. The van der Waals surface area contributed by atoms with Crippen molar-refractivity contribution in [1.29, 1.82) is 0 Å². The number of rotatable bonds is 8. The summed E-state index contributed by atoms with van der Waals surface area (Å²) >= 11 is 0. The van der Waals surface area contributed by atoms with E-state index in [4.69, 9.17) is 10.5 Å². The van der Waals surface area contributed by atoms with Crippen molar-refractivity contribution in [2.75, 3.05) is 26.0 Å². The van der Waals surface area contributed by atoms with Crippen LogP contribution in [0.3, 0.4) is 0 Å². The highest BCUT2D eigenvalue weighted by atomic mass is 32.2. The fourth-order valence-corrected chi connectivity index (χ4v) is 2.16. The number of nitrogens with one attached hydrogen (secondary N) is 1. The quantitative estimate of drug-likeness (QED) is 0.586. The van der Waals surface area contributed by atoms with Crippen molar-refractivity contribution >= 4 is 10.0 Å². The topological polar surface area (TPSA) is 81.4 Å². The Morgan fingerprint density at radius 1 is 1.33 bits per heavy atom. The van der Waals surface area contributed by atoms with Crippen LogP contribution in [0.5, 0.6) is 0 Å². The molecule has 0 fully saturated rings. The van der Waals surface area contributed by atoms with E-state index in [1.807, 2.05) is 13.8 Å². The van der Waals surface area contributed by atoms with E-state index in [-0.39, 0.29) is 12.3 Å². The maximum Gasteiger partial charge on any atom is 0.211 e. The Morgan fingerprint density at radius 2 is 1.93 bits per heavy atom. The van der Waals surface area contributed by atoms with Crippen molar-refractivity contribution in [2.45, 2.75) is 32.3 Å². The summed E-state index contributed by atoms with van der Waals surface area (Å²) in [6, 6.07) is 0. The van der Waals surface area contributed by atoms with Gasteiger partial charge in [-0.2, -0.15) is 0 Å². The molecule has 0 aromatic carbocycles. The average molecular weight is 238 g/mol. The summed E-state index contributed by atoms with van der Waals surface area (Å²) in [4.78, 5) is 0. The first-order valence-corrected chi connectivity index (χ1v) is 6.71. The highest BCUT2D eigenvalue weighted by Crippen LogP contribution is 2.06. The third-order valence-corrected chi connectivity index (χ3v) is 3.55. The van der Waals surface area contributed by atoms with E-state index in [1.165, 1.54) is 0 Å². The normalized spacial score (nSPS) is 13.1. The van der Waals surface area contributed by atoms with Gasteiger partial charge in [-0.3, -0.25) is 0 Å². The third-order valence-electron chi connectivity index (χ3n) is 2.14. The Hall–Kier alpha value is -0.170. The van der Waals surface area contributed by atoms with Crippen molar-refractivity contribution in [1.82, 2.24) is 4.72 Å². The highest BCUT2D eigenvalue weighted by molar-refractivity contribution is 7.89. The zero-order valence-corrected chi connectivity index (χ0v) is 10.6. The summed E-state index contributed by atoms with van der Waals surface area (Å²) in [5.74, 6) is 0.129. The molecule has 0 rings (SSSR count). The molecule has 0 aromatic heterocycles. The minimum Gasteiger partial charge on any atom is -0.377 e. The van der Waals surface area contributed by atoms with Gasteiger partial charge in [-0.05, 0) is 33.2 Å². The molecule has 0 aliphatic carbocycles. The van der Waals surface area contributed by atoms with E-state index < -0.39 is 15.6 Å². The van der Waals surface area contributed by atoms with Crippen molar-refractivity contribution in [3.63, 3.8) is 0 Å². The second-order valence-corrected chi connectivity index (χ2v) is 6.03. The summed E-state index contributed by atoms with van der Waals surface area (Å²) in [7, 11) is -1.62. The van der Waals surface area contributed by atoms with Gasteiger partial charge in [0.2, 0.25) is 10.0 Å². The number of unbranched alkanes of at least 4 members (excludes halogenated alkanes) is 1. The van der Waals surface area contributed by atoms with Gasteiger partial charge in [0.15, 0.2) is 0 Å². The third kappa shape index (κ3) is 7.72. The molecule has 0 saturated heterocycles. The number of nitrogens with two attached hydrogens (primary N) is 1. The Labute approximate surface area is 92.4 Å². The van der Waals surface area contributed by atoms with Gasteiger partial charge in [0, 0.05) is 13.7 Å². The number of hydrogen-bond acceptors (Lipinski definition) is 4. The fraction of sp³-hybridized carbons (Fsp3) is 1.00.